The van der Waals surface area contributed by atoms with E-state index >= 15 is 0 Å². The lowest BCUT2D eigenvalue weighted by Gasteiger charge is -2.05. The van der Waals surface area contributed by atoms with E-state index in [2.05, 4.69) is 10.3 Å². The zero-order chi connectivity index (χ0) is 18.1. The molecule has 1 N–H and O–H groups in total. The number of ether oxygens (including phenoxy) is 1. The first-order valence-corrected chi connectivity index (χ1v) is 9.08. The Balaban J connectivity index is 1.75. The zero-order valence-corrected chi connectivity index (χ0v) is 14.9. The van der Waals surface area contributed by atoms with Crippen LogP contribution in [0.3, 0.4) is 0 Å². The van der Waals surface area contributed by atoms with Gasteiger partial charge in [-0.15, -0.1) is 0 Å². The minimum Gasteiger partial charge on any atom is -0.466 e. The monoisotopic (exact) mass is 364 g/mol. The standard InChI is InChI=1S/C18H21FN2O3S/c1-2-3-9-16(22)24-11-6-10-20-18-21-12-15(25-18)17(23)13-7-4-5-8-14(13)19/h4-5,7-8,12H,2-3,6,9-11H2,1H3,(H,20,21). The van der Waals surface area contributed by atoms with Crippen molar-refractivity contribution < 1.29 is 18.7 Å². The molecule has 0 fully saturated rings. The molecule has 0 spiro atoms. The molecule has 1 heterocycles. The molecule has 7 heteroatoms. The third-order valence-corrected chi connectivity index (χ3v) is 4.40. The molecule has 134 valence electrons. The molecule has 0 radical (unpaired) electrons. The van der Waals surface area contributed by atoms with Crippen molar-refractivity contribution >= 4 is 28.2 Å². The maximum atomic E-state index is 13.7. The molecule has 0 aliphatic carbocycles. The largest absolute Gasteiger partial charge is 0.466 e. The molecule has 2 rings (SSSR count). The van der Waals surface area contributed by atoms with E-state index in [0.29, 0.717) is 36.0 Å². The highest BCUT2D eigenvalue weighted by Crippen LogP contribution is 2.22. The Bertz CT molecular complexity index is 718. The highest BCUT2D eigenvalue weighted by Gasteiger charge is 2.16. The SMILES string of the molecule is CCCCC(=O)OCCCNc1ncc(C(=O)c2ccccc2F)s1. The van der Waals surface area contributed by atoms with Gasteiger partial charge in [0.2, 0.25) is 5.78 Å². The van der Waals surface area contributed by atoms with Gasteiger partial charge in [0.25, 0.3) is 0 Å². The van der Waals surface area contributed by atoms with Crippen LogP contribution in [0.1, 0.15) is 47.8 Å². The van der Waals surface area contributed by atoms with Gasteiger partial charge in [-0.2, -0.15) is 0 Å². The average molecular weight is 364 g/mol. The minimum absolute atomic E-state index is 0.0386. The topological polar surface area (TPSA) is 68.3 Å². The number of nitrogens with one attached hydrogen (secondary N) is 1. The predicted molar refractivity (Wildman–Crippen MR) is 95.5 cm³/mol. The van der Waals surface area contributed by atoms with Crippen LogP contribution in [0, 0.1) is 5.82 Å². The quantitative estimate of drug-likeness (QED) is 0.391. The van der Waals surface area contributed by atoms with Crippen LogP contribution in [0.4, 0.5) is 9.52 Å². The van der Waals surface area contributed by atoms with Crippen molar-refractivity contribution in [1.29, 1.82) is 0 Å². The molecule has 5 nitrogen and oxygen atoms in total. The number of carbonyl (C=O) groups is 2. The van der Waals surface area contributed by atoms with Gasteiger partial charge in [-0.1, -0.05) is 36.8 Å². The van der Waals surface area contributed by atoms with E-state index in [0.717, 1.165) is 12.8 Å². The number of nitrogens with zero attached hydrogens (tertiary/aromatic N) is 1. The molecule has 25 heavy (non-hydrogen) atoms. The second-order valence-corrected chi connectivity index (χ2v) is 6.47. The van der Waals surface area contributed by atoms with Crippen LogP contribution in [-0.2, 0) is 9.53 Å². The van der Waals surface area contributed by atoms with Crippen molar-refractivity contribution in [3.05, 3.63) is 46.7 Å². The van der Waals surface area contributed by atoms with Gasteiger partial charge < -0.3 is 10.1 Å². The third kappa shape index (κ3) is 5.94. The zero-order valence-electron chi connectivity index (χ0n) is 14.1. The maximum absolute atomic E-state index is 13.7. The van der Waals surface area contributed by atoms with Gasteiger partial charge in [-0.3, -0.25) is 9.59 Å². The van der Waals surface area contributed by atoms with Crippen molar-refractivity contribution in [3.8, 4) is 0 Å². The number of benzene rings is 1. The molecule has 0 saturated carbocycles. The van der Waals surface area contributed by atoms with Gasteiger partial charge in [0.15, 0.2) is 5.13 Å². The number of aromatic nitrogens is 1. The summed E-state index contributed by atoms with van der Waals surface area (Å²) in [6, 6.07) is 5.88. The number of rotatable bonds is 10. The number of carbonyl (C=O) groups excluding carboxylic acids is 2. The number of hydrogen-bond acceptors (Lipinski definition) is 6. The van der Waals surface area contributed by atoms with E-state index in [1.807, 2.05) is 6.92 Å². The van der Waals surface area contributed by atoms with Gasteiger partial charge in [0.1, 0.15) is 5.82 Å². The average Bonchev–Trinajstić information content (AvgIpc) is 3.08. The van der Waals surface area contributed by atoms with E-state index in [1.54, 1.807) is 12.1 Å². The van der Waals surface area contributed by atoms with Crippen molar-refractivity contribution in [2.45, 2.75) is 32.6 Å². The predicted octanol–water partition coefficient (Wildman–Crippen LogP) is 4.05. The normalized spacial score (nSPS) is 10.5. The molecule has 0 unspecified atom stereocenters. The molecule has 0 aliphatic heterocycles. The van der Waals surface area contributed by atoms with E-state index in [1.165, 1.54) is 29.7 Å². The number of halogens is 1. The number of unbranched alkanes of at least 4 members (excludes halogenated alkanes) is 1. The van der Waals surface area contributed by atoms with Crippen LogP contribution in [0.25, 0.3) is 0 Å². The fraction of sp³-hybridized carbons (Fsp3) is 0.389. The van der Waals surface area contributed by atoms with Crippen molar-refractivity contribution in [2.24, 2.45) is 0 Å². The Hall–Kier alpha value is -2.28. The fourth-order valence-corrected chi connectivity index (χ4v) is 2.88. The van der Waals surface area contributed by atoms with E-state index in [4.69, 9.17) is 4.74 Å². The van der Waals surface area contributed by atoms with Crippen LogP contribution >= 0.6 is 11.3 Å². The van der Waals surface area contributed by atoms with E-state index in [9.17, 15) is 14.0 Å². The van der Waals surface area contributed by atoms with Gasteiger partial charge in [0, 0.05) is 13.0 Å². The Labute approximate surface area is 150 Å². The molecule has 0 atom stereocenters. The van der Waals surface area contributed by atoms with E-state index < -0.39 is 5.82 Å². The Morgan fingerprint density at radius 2 is 2.08 bits per heavy atom. The first-order chi connectivity index (χ1) is 12.1. The maximum Gasteiger partial charge on any atom is 0.305 e. The van der Waals surface area contributed by atoms with Gasteiger partial charge in [0.05, 0.1) is 23.2 Å². The summed E-state index contributed by atoms with van der Waals surface area (Å²) in [6.45, 7) is 2.94. The smallest absolute Gasteiger partial charge is 0.305 e. The second kappa shape index (κ2) is 9.88. The molecule has 0 saturated heterocycles. The molecule has 1 aromatic heterocycles. The minimum atomic E-state index is -0.541. The second-order valence-electron chi connectivity index (χ2n) is 5.44. The van der Waals surface area contributed by atoms with Crippen molar-refractivity contribution in [2.75, 3.05) is 18.5 Å². The summed E-state index contributed by atoms with van der Waals surface area (Å²) < 4.78 is 18.8. The number of hydrogen-bond donors (Lipinski definition) is 1. The summed E-state index contributed by atoms with van der Waals surface area (Å²) in [6.07, 6.45) is 4.35. The number of esters is 1. The van der Waals surface area contributed by atoms with Crippen LogP contribution in [0.15, 0.2) is 30.5 Å². The molecule has 0 amide bonds. The summed E-state index contributed by atoms with van der Waals surface area (Å²) in [5.41, 5.74) is 0.0386. The van der Waals surface area contributed by atoms with Gasteiger partial charge in [-0.05, 0) is 25.0 Å². The Morgan fingerprint density at radius 1 is 1.28 bits per heavy atom. The molecular weight excluding hydrogens is 343 g/mol. The molecule has 0 aliphatic rings. The summed E-state index contributed by atoms with van der Waals surface area (Å²) in [5, 5.41) is 3.65. The number of anilines is 1. The van der Waals surface area contributed by atoms with Crippen LogP contribution in [0.5, 0.6) is 0 Å². The number of thiazole rings is 1. The van der Waals surface area contributed by atoms with Crippen molar-refractivity contribution in [1.82, 2.24) is 4.98 Å². The fourth-order valence-electron chi connectivity index (χ4n) is 2.09. The van der Waals surface area contributed by atoms with Gasteiger partial charge >= 0.3 is 5.97 Å². The Kier molecular flexibility index (Phi) is 7.53. The first-order valence-electron chi connectivity index (χ1n) is 8.26. The Morgan fingerprint density at radius 3 is 2.84 bits per heavy atom. The lowest BCUT2D eigenvalue weighted by molar-refractivity contribution is -0.143. The molecule has 2 aromatic rings. The third-order valence-electron chi connectivity index (χ3n) is 3.44. The summed E-state index contributed by atoms with van der Waals surface area (Å²) in [7, 11) is 0. The van der Waals surface area contributed by atoms with E-state index in [-0.39, 0.29) is 17.3 Å². The van der Waals surface area contributed by atoms with Crippen molar-refractivity contribution in [3.63, 3.8) is 0 Å². The van der Waals surface area contributed by atoms with Crippen LogP contribution < -0.4 is 5.32 Å². The lowest BCUT2D eigenvalue weighted by Crippen LogP contribution is -2.09. The highest BCUT2D eigenvalue weighted by atomic mass is 32.1. The summed E-state index contributed by atoms with van der Waals surface area (Å²) in [5.74, 6) is -1.09. The summed E-state index contributed by atoms with van der Waals surface area (Å²) >= 11 is 1.17. The lowest BCUT2D eigenvalue weighted by atomic mass is 10.1. The first kappa shape index (κ1) is 19.1. The van der Waals surface area contributed by atoms with Crippen LogP contribution in [-0.4, -0.2) is 29.9 Å². The molecule has 0 bridgehead atoms. The van der Waals surface area contributed by atoms with Crippen LogP contribution in [0.2, 0.25) is 0 Å². The highest BCUT2D eigenvalue weighted by molar-refractivity contribution is 7.17. The molecule has 1 aromatic carbocycles. The molecular formula is C18H21FN2O3S. The number of ketones is 1. The van der Waals surface area contributed by atoms with Gasteiger partial charge in [-0.25, -0.2) is 9.37 Å². The summed E-state index contributed by atoms with van der Waals surface area (Å²) in [4.78, 5) is 28.1.